The predicted octanol–water partition coefficient (Wildman–Crippen LogP) is 3.66. The van der Waals surface area contributed by atoms with Gasteiger partial charge in [-0.1, -0.05) is 12.8 Å². The molecule has 0 spiro atoms. The lowest BCUT2D eigenvalue weighted by Crippen LogP contribution is -2.45. The van der Waals surface area contributed by atoms with E-state index in [9.17, 15) is 9.59 Å². The number of nitrogens with one attached hydrogen (secondary N) is 1. The topological polar surface area (TPSA) is 74.2 Å². The molecular formula is C21H43IN4O3. The number of amides is 1. The fourth-order valence-electron chi connectivity index (χ4n) is 2.74. The maximum Gasteiger partial charge on any atom is 0.306 e. The molecule has 0 radical (unpaired) electrons. The minimum absolute atomic E-state index is 0. The number of rotatable bonds is 12. The second kappa shape index (κ2) is 16.7. The van der Waals surface area contributed by atoms with Crippen molar-refractivity contribution in [3.63, 3.8) is 0 Å². The van der Waals surface area contributed by atoms with Crippen molar-refractivity contribution in [3.8, 4) is 0 Å². The number of halogens is 1. The third kappa shape index (κ3) is 15.4. The number of hydrogen-bond donors (Lipinski definition) is 1. The summed E-state index contributed by atoms with van der Waals surface area (Å²) in [6.45, 7) is 14.9. The third-order valence-electron chi connectivity index (χ3n) is 4.16. The van der Waals surface area contributed by atoms with Gasteiger partial charge in [-0.2, -0.15) is 0 Å². The summed E-state index contributed by atoms with van der Waals surface area (Å²) in [5.41, 5.74) is -0.410. The average molecular weight is 527 g/mol. The lowest BCUT2D eigenvalue weighted by molar-refractivity contribution is -0.154. The van der Waals surface area contributed by atoms with Crippen LogP contribution in [0.1, 0.15) is 73.6 Å². The zero-order chi connectivity index (χ0) is 21.6. The molecule has 29 heavy (non-hydrogen) atoms. The van der Waals surface area contributed by atoms with Crippen LogP contribution in [-0.4, -0.2) is 73.0 Å². The van der Waals surface area contributed by atoms with Crippen molar-refractivity contribution in [2.24, 2.45) is 4.99 Å². The van der Waals surface area contributed by atoms with Gasteiger partial charge in [0.25, 0.3) is 0 Å². The van der Waals surface area contributed by atoms with Gasteiger partial charge in [0, 0.05) is 39.6 Å². The normalized spacial score (nSPS) is 11.5. The molecule has 0 aliphatic rings. The monoisotopic (exact) mass is 526 g/mol. The van der Waals surface area contributed by atoms with E-state index in [0.29, 0.717) is 19.5 Å². The molecular weight excluding hydrogens is 483 g/mol. The maximum absolute atomic E-state index is 12.3. The molecule has 0 saturated heterocycles. The lowest BCUT2D eigenvalue weighted by atomic mass is 10.1. The quantitative estimate of drug-likeness (QED) is 0.138. The number of nitrogens with zero attached hydrogens (tertiary/aromatic N) is 3. The molecule has 0 rings (SSSR count). The zero-order valence-electron chi connectivity index (χ0n) is 19.5. The van der Waals surface area contributed by atoms with Crippen molar-refractivity contribution in [3.05, 3.63) is 0 Å². The fraction of sp³-hybridized carbons (Fsp3) is 0.857. The van der Waals surface area contributed by atoms with Crippen molar-refractivity contribution in [1.29, 1.82) is 0 Å². The van der Waals surface area contributed by atoms with Crippen LogP contribution in [0.4, 0.5) is 0 Å². The Morgan fingerprint density at radius 3 is 2.10 bits per heavy atom. The average Bonchev–Trinajstić information content (AvgIpc) is 2.59. The standard InChI is InChI=1S/C21H42N4O3.HI/c1-8-22-20(24(7)17-18(26)25(9-2)10-3)23-16-14-12-11-13-15-19(27)28-21(4,5)6;/h8-17H2,1-7H3,(H,22,23);1H. The Hall–Kier alpha value is -1.06. The van der Waals surface area contributed by atoms with Gasteiger partial charge in [0.15, 0.2) is 5.96 Å². The molecule has 0 aliphatic carbocycles. The second-order valence-corrected chi connectivity index (χ2v) is 7.91. The molecule has 0 bridgehead atoms. The van der Waals surface area contributed by atoms with Crippen molar-refractivity contribution in [2.75, 3.05) is 39.8 Å². The number of carbonyl (C=O) groups excluding carboxylic acids is 2. The molecule has 0 heterocycles. The van der Waals surface area contributed by atoms with Gasteiger partial charge >= 0.3 is 5.97 Å². The molecule has 1 amide bonds. The highest BCUT2D eigenvalue weighted by Gasteiger charge is 2.16. The highest BCUT2D eigenvalue weighted by Crippen LogP contribution is 2.11. The lowest BCUT2D eigenvalue weighted by Gasteiger charge is -2.25. The number of aliphatic imine (C=N–C) groups is 1. The van der Waals surface area contributed by atoms with Gasteiger partial charge in [-0.15, -0.1) is 24.0 Å². The largest absolute Gasteiger partial charge is 0.460 e. The highest BCUT2D eigenvalue weighted by molar-refractivity contribution is 14.0. The molecule has 0 aromatic carbocycles. The summed E-state index contributed by atoms with van der Waals surface area (Å²) in [6, 6.07) is 0. The second-order valence-electron chi connectivity index (χ2n) is 7.91. The highest BCUT2D eigenvalue weighted by atomic mass is 127. The minimum Gasteiger partial charge on any atom is -0.460 e. The Kier molecular flexibility index (Phi) is 17.4. The van der Waals surface area contributed by atoms with E-state index in [1.165, 1.54) is 0 Å². The number of likely N-dealkylation sites (N-methyl/N-ethyl adjacent to an activating group) is 2. The van der Waals surface area contributed by atoms with Crippen LogP contribution in [0.3, 0.4) is 0 Å². The molecule has 1 N–H and O–H groups in total. The van der Waals surface area contributed by atoms with Crippen LogP contribution < -0.4 is 5.32 Å². The molecule has 0 aromatic rings. The van der Waals surface area contributed by atoms with E-state index in [1.54, 1.807) is 0 Å². The Balaban J connectivity index is 0. The van der Waals surface area contributed by atoms with Crippen LogP contribution in [0.25, 0.3) is 0 Å². The molecule has 0 aromatic heterocycles. The van der Waals surface area contributed by atoms with Gasteiger partial charge in [-0.3, -0.25) is 14.6 Å². The van der Waals surface area contributed by atoms with Gasteiger partial charge in [0.05, 0.1) is 6.54 Å². The van der Waals surface area contributed by atoms with Crippen LogP contribution in [0, 0.1) is 0 Å². The van der Waals surface area contributed by atoms with E-state index < -0.39 is 5.60 Å². The molecule has 172 valence electrons. The first-order chi connectivity index (χ1) is 13.1. The minimum atomic E-state index is -0.410. The Morgan fingerprint density at radius 2 is 1.59 bits per heavy atom. The van der Waals surface area contributed by atoms with Gasteiger partial charge in [0.1, 0.15) is 5.60 Å². The molecule has 7 nitrogen and oxygen atoms in total. The molecule has 0 fully saturated rings. The summed E-state index contributed by atoms with van der Waals surface area (Å²) >= 11 is 0. The fourth-order valence-corrected chi connectivity index (χ4v) is 2.74. The number of guanidine groups is 1. The maximum atomic E-state index is 12.3. The Morgan fingerprint density at radius 1 is 1.00 bits per heavy atom. The summed E-state index contributed by atoms with van der Waals surface area (Å²) in [5.74, 6) is 0.747. The van der Waals surface area contributed by atoms with E-state index in [4.69, 9.17) is 4.74 Å². The Labute approximate surface area is 195 Å². The van der Waals surface area contributed by atoms with Crippen LogP contribution in [0.15, 0.2) is 4.99 Å². The Bertz CT molecular complexity index is 489. The molecule has 0 atom stereocenters. The predicted molar refractivity (Wildman–Crippen MR) is 131 cm³/mol. The molecule has 0 unspecified atom stereocenters. The zero-order valence-corrected chi connectivity index (χ0v) is 21.9. The number of unbranched alkanes of at least 4 members (excludes halogenated alkanes) is 3. The van der Waals surface area contributed by atoms with Crippen molar-refractivity contribution < 1.29 is 14.3 Å². The first-order valence-corrected chi connectivity index (χ1v) is 10.6. The number of esters is 1. The van der Waals surface area contributed by atoms with Crippen LogP contribution >= 0.6 is 24.0 Å². The summed E-state index contributed by atoms with van der Waals surface area (Å²) in [7, 11) is 1.89. The third-order valence-corrected chi connectivity index (χ3v) is 4.16. The van der Waals surface area contributed by atoms with E-state index in [-0.39, 0.29) is 35.9 Å². The molecule has 8 heteroatoms. The SMILES string of the molecule is CCNC(=NCCCCCCC(=O)OC(C)(C)C)N(C)CC(=O)N(CC)CC.I. The van der Waals surface area contributed by atoms with Gasteiger partial charge in [0.2, 0.25) is 5.91 Å². The molecule has 0 saturated carbocycles. The van der Waals surface area contributed by atoms with Crippen LogP contribution in [-0.2, 0) is 14.3 Å². The van der Waals surface area contributed by atoms with Gasteiger partial charge < -0.3 is 19.9 Å². The summed E-state index contributed by atoms with van der Waals surface area (Å²) < 4.78 is 5.31. The number of hydrogen-bond acceptors (Lipinski definition) is 4. The van der Waals surface area contributed by atoms with Crippen molar-refractivity contribution in [2.45, 2.75) is 79.2 Å². The summed E-state index contributed by atoms with van der Waals surface area (Å²) in [5, 5.41) is 3.25. The van der Waals surface area contributed by atoms with Gasteiger partial charge in [-0.05, 0) is 54.4 Å². The van der Waals surface area contributed by atoms with Crippen molar-refractivity contribution in [1.82, 2.24) is 15.1 Å². The van der Waals surface area contributed by atoms with E-state index in [1.807, 2.05) is 58.4 Å². The van der Waals surface area contributed by atoms with Gasteiger partial charge in [-0.25, -0.2) is 0 Å². The van der Waals surface area contributed by atoms with E-state index in [0.717, 1.165) is 51.3 Å². The first-order valence-electron chi connectivity index (χ1n) is 10.6. The van der Waals surface area contributed by atoms with Crippen molar-refractivity contribution >= 4 is 41.8 Å². The van der Waals surface area contributed by atoms with Crippen LogP contribution in [0.5, 0.6) is 0 Å². The molecule has 0 aliphatic heterocycles. The number of ether oxygens (including phenoxy) is 1. The summed E-state index contributed by atoms with van der Waals surface area (Å²) in [6.07, 6.45) is 4.28. The number of carbonyl (C=O) groups is 2. The first kappa shape index (κ1) is 30.1. The van der Waals surface area contributed by atoms with Crippen LogP contribution in [0.2, 0.25) is 0 Å². The smallest absolute Gasteiger partial charge is 0.306 e. The summed E-state index contributed by atoms with van der Waals surface area (Å²) in [4.78, 5) is 32.3. The van der Waals surface area contributed by atoms with E-state index >= 15 is 0 Å². The van der Waals surface area contributed by atoms with E-state index in [2.05, 4.69) is 10.3 Å².